The number of urea groups is 1. The molecule has 7 heteroatoms. The average Bonchev–Trinajstić information content (AvgIpc) is 2.65. The van der Waals surface area contributed by atoms with Crippen molar-refractivity contribution in [2.75, 3.05) is 0 Å². The summed E-state index contributed by atoms with van der Waals surface area (Å²) in [5.41, 5.74) is 0. The zero-order valence-corrected chi connectivity index (χ0v) is 11.8. The Bertz CT molecular complexity index is 385. The van der Waals surface area contributed by atoms with E-state index in [0.717, 1.165) is 12.8 Å². The van der Waals surface area contributed by atoms with E-state index in [-0.39, 0.29) is 18.9 Å². The normalized spacial score (nSPS) is 26.8. The molecule has 1 aliphatic rings. The zero-order valence-electron chi connectivity index (χ0n) is 11.8. The molecule has 0 aromatic carbocycles. The van der Waals surface area contributed by atoms with E-state index in [1.165, 1.54) is 0 Å². The third-order valence-corrected chi connectivity index (χ3v) is 4.03. The molecule has 20 heavy (non-hydrogen) atoms. The van der Waals surface area contributed by atoms with Gasteiger partial charge in [-0.15, -0.1) is 0 Å². The van der Waals surface area contributed by atoms with Crippen molar-refractivity contribution in [1.82, 2.24) is 10.6 Å². The number of hydrogen-bond donors (Lipinski definition) is 4. The van der Waals surface area contributed by atoms with E-state index in [2.05, 4.69) is 24.5 Å². The fourth-order valence-corrected chi connectivity index (χ4v) is 2.46. The van der Waals surface area contributed by atoms with Gasteiger partial charge >= 0.3 is 18.0 Å². The number of carbonyl (C=O) groups is 3. The molecule has 4 N–H and O–H groups in total. The Labute approximate surface area is 117 Å². The van der Waals surface area contributed by atoms with Gasteiger partial charge in [-0.1, -0.05) is 13.8 Å². The molecule has 1 aliphatic carbocycles. The Morgan fingerprint density at radius 2 is 1.85 bits per heavy atom. The summed E-state index contributed by atoms with van der Waals surface area (Å²) in [6.07, 6.45) is 1.49. The lowest BCUT2D eigenvalue weighted by molar-refractivity contribution is -0.140. The summed E-state index contributed by atoms with van der Waals surface area (Å²) in [5.74, 6) is -1.43. The molecule has 114 valence electrons. The van der Waals surface area contributed by atoms with Crippen LogP contribution in [0, 0.1) is 11.8 Å². The summed E-state index contributed by atoms with van der Waals surface area (Å²) in [6, 6.07) is -1.69. The van der Waals surface area contributed by atoms with Crippen molar-refractivity contribution in [3.05, 3.63) is 0 Å². The van der Waals surface area contributed by atoms with Crippen molar-refractivity contribution in [3.63, 3.8) is 0 Å². The minimum Gasteiger partial charge on any atom is -0.481 e. The minimum atomic E-state index is -1.23. The summed E-state index contributed by atoms with van der Waals surface area (Å²) in [7, 11) is 0. The molecular formula is C13H22N2O5. The number of aliphatic carboxylic acids is 2. The number of hydrogen-bond acceptors (Lipinski definition) is 3. The van der Waals surface area contributed by atoms with Crippen LogP contribution in [0.1, 0.15) is 39.5 Å². The van der Waals surface area contributed by atoms with Gasteiger partial charge in [0.1, 0.15) is 6.04 Å². The van der Waals surface area contributed by atoms with E-state index < -0.39 is 24.0 Å². The highest BCUT2D eigenvalue weighted by Crippen LogP contribution is 2.30. The van der Waals surface area contributed by atoms with Crippen molar-refractivity contribution >= 4 is 18.0 Å². The monoisotopic (exact) mass is 286 g/mol. The van der Waals surface area contributed by atoms with Gasteiger partial charge in [-0.25, -0.2) is 9.59 Å². The molecule has 1 saturated carbocycles. The standard InChI is InChI=1S/C13H22N2O5/c1-7-3-4-9(8(7)2)14-13(20)15-10(12(18)19)5-6-11(16)17/h7-10H,3-6H2,1-2H3,(H,16,17)(H,18,19)(H2,14,15,20). The van der Waals surface area contributed by atoms with Gasteiger partial charge < -0.3 is 20.8 Å². The summed E-state index contributed by atoms with van der Waals surface area (Å²) in [4.78, 5) is 33.2. The molecule has 0 aromatic rings. The predicted molar refractivity (Wildman–Crippen MR) is 71.3 cm³/mol. The number of rotatable bonds is 6. The number of amides is 2. The van der Waals surface area contributed by atoms with Crippen LogP contribution in [0.25, 0.3) is 0 Å². The molecular weight excluding hydrogens is 264 g/mol. The van der Waals surface area contributed by atoms with Gasteiger partial charge in [0.15, 0.2) is 0 Å². The maximum absolute atomic E-state index is 11.8. The third kappa shape index (κ3) is 4.71. The predicted octanol–water partition coefficient (Wildman–Crippen LogP) is 1.04. The van der Waals surface area contributed by atoms with Crippen LogP contribution >= 0.6 is 0 Å². The van der Waals surface area contributed by atoms with Crippen molar-refractivity contribution in [2.24, 2.45) is 11.8 Å². The quantitative estimate of drug-likeness (QED) is 0.582. The average molecular weight is 286 g/mol. The van der Waals surface area contributed by atoms with Crippen LogP contribution in [0.3, 0.4) is 0 Å². The molecule has 0 saturated heterocycles. The van der Waals surface area contributed by atoms with Gasteiger partial charge in [-0.05, 0) is 31.1 Å². The second-order valence-electron chi connectivity index (χ2n) is 5.46. The highest BCUT2D eigenvalue weighted by molar-refractivity contribution is 5.83. The molecule has 1 fully saturated rings. The SMILES string of the molecule is CC1CCC(NC(=O)NC(CCC(=O)O)C(=O)O)C1C. The van der Waals surface area contributed by atoms with Crippen LogP contribution < -0.4 is 10.6 Å². The van der Waals surface area contributed by atoms with E-state index in [1.807, 2.05) is 0 Å². The van der Waals surface area contributed by atoms with Crippen molar-refractivity contribution in [2.45, 2.75) is 51.6 Å². The number of carbonyl (C=O) groups excluding carboxylic acids is 1. The van der Waals surface area contributed by atoms with Crippen molar-refractivity contribution < 1.29 is 24.6 Å². The first kappa shape index (κ1) is 16.3. The lowest BCUT2D eigenvalue weighted by Gasteiger charge is -2.21. The number of carboxylic acid groups (broad SMARTS) is 2. The second-order valence-corrected chi connectivity index (χ2v) is 5.46. The van der Waals surface area contributed by atoms with E-state index in [0.29, 0.717) is 11.8 Å². The molecule has 4 atom stereocenters. The summed E-state index contributed by atoms with van der Waals surface area (Å²) in [5, 5.41) is 22.6. The summed E-state index contributed by atoms with van der Waals surface area (Å²) >= 11 is 0. The van der Waals surface area contributed by atoms with E-state index in [9.17, 15) is 14.4 Å². The van der Waals surface area contributed by atoms with Crippen molar-refractivity contribution in [3.8, 4) is 0 Å². The topological polar surface area (TPSA) is 116 Å². The third-order valence-electron chi connectivity index (χ3n) is 4.03. The highest BCUT2D eigenvalue weighted by atomic mass is 16.4. The molecule has 0 radical (unpaired) electrons. The Balaban J connectivity index is 2.45. The van der Waals surface area contributed by atoms with Crippen LogP contribution in [0.5, 0.6) is 0 Å². The molecule has 0 bridgehead atoms. The van der Waals surface area contributed by atoms with Gasteiger partial charge in [-0.3, -0.25) is 4.79 Å². The Kier molecular flexibility index (Phi) is 5.79. The maximum atomic E-state index is 11.8. The fraction of sp³-hybridized carbons (Fsp3) is 0.769. The van der Waals surface area contributed by atoms with Crippen LogP contribution in [-0.4, -0.2) is 40.3 Å². The van der Waals surface area contributed by atoms with Crippen molar-refractivity contribution in [1.29, 1.82) is 0 Å². The maximum Gasteiger partial charge on any atom is 0.326 e. The molecule has 7 nitrogen and oxygen atoms in total. The van der Waals surface area contributed by atoms with E-state index >= 15 is 0 Å². The lowest BCUT2D eigenvalue weighted by Crippen LogP contribution is -2.49. The largest absolute Gasteiger partial charge is 0.481 e. The van der Waals surface area contributed by atoms with Gasteiger partial charge in [0.2, 0.25) is 0 Å². The van der Waals surface area contributed by atoms with Crippen LogP contribution in [0.4, 0.5) is 4.79 Å². The zero-order chi connectivity index (χ0) is 15.3. The van der Waals surface area contributed by atoms with Crippen LogP contribution in [-0.2, 0) is 9.59 Å². The number of nitrogens with one attached hydrogen (secondary N) is 2. The lowest BCUT2D eigenvalue weighted by atomic mass is 9.98. The summed E-state index contributed by atoms with van der Waals surface area (Å²) in [6.45, 7) is 4.18. The van der Waals surface area contributed by atoms with Gasteiger partial charge in [-0.2, -0.15) is 0 Å². The summed E-state index contributed by atoms with van der Waals surface area (Å²) < 4.78 is 0. The molecule has 0 aromatic heterocycles. The fourth-order valence-electron chi connectivity index (χ4n) is 2.46. The minimum absolute atomic E-state index is 0.0407. The van der Waals surface area contributed by atoms with Crippen LogP contribution in [0.2, 0.25) is 0 Å². The second kappa shape index (κ2) is 7.12. The first-order valence-electron chi connectivity index (χ1n) is 6.83. The van der Waals surface area contributed by atoms with Crippen LogP contribution in [0.15, 0.2) is 0 Å². The molecule has 0 aliphatic heterocycles. The first-order valence-corrected chi connectivity index (χ1v) is 6.83. The Hall–Kier alpha value is -1.79. The van der Waals surface area contributed by atoms with Gasteiger partial charge in [0, 0.05) is 12.5 Å². The number of carboxylic acids is 2. The highest BCUT2D eigenvalue weighted by Gasteiger charge is 2.31. The smallest absolute Gasteiger partial charge is 0.326 e. The Morgan fingerprint density at radius 3 is 2.30 bits per heavy atom. The molecule has 4 unspecified atom stereocenters. The molecule has 0 spiro atoms. The Morgan fingerprint density at radius 1 is 1.20 bits per heavy atom. The molecule has 2 amide bonds. The van der Waals surface area contributed by atoms with Gasteiger partial charge in [0.05, 0.1) is 0 Å². The van der Waals surface area contributed by atoms with Gasteiger partial charge in [0.25, 0.3) is 0 Å². The van der Waals surface area contributed by atoms with E-state index in [4.69, 9.17) is 10.2 Å². The molecule has 1 rings (SSSR count). The van der Waals surface area contributed by atoms with E-state index in [1.54, 1.807) is 0 Å². The molecule has 0 heterocycles. The first-order chi connectivity index (χ1) is 9.31.